The molecule has 0 atom stereocenters. The van der Waals surface area contributed by atoms with Crippen LogP contribution in [0.3, 0.4) is 0 Å². The van der Waals surface area contributed by atoms with Gasteiger partial charge in [0.25, 0.3) is 0 Å². The topological polar surface area (TPSA) is 362 Å². The van der Waals surface area contributed by atoms with Gasteiger partial charge in [-0.2, -0.15) is 101 Å². The molecule has 129 heavy (non-hydrogen) atoms. The first-order valence-electron chi connectivity index (χ1n) is 35.9. The van der Waals surface area contributed by atoms with E-state index in [0.29, 0.717) is 51.3 Å². The Morgan fingerprint density at radius 1 is 0.357 bits per heavy atom. The molecule has 0 saturated carbocycles. The largest absolute Gasteiger partial charge is 0.571 e. The number of hydrogen-bond acceptors (Lipinski definition) is 21. The number of hydrogen-bond donors (Lipinski definition) is 0. The molecule has 0 bridgehead atoms. The van der Waals surface area contributed by atoms with E-state index in [4.69, 9.17) is 4.74 Å². The Kier molecular flexibility index (Phi) is 42.9. The minimum Gasteiger partial charge on any atom is -0.571 e. The number of benzene rings is 5. The Morgan fingerprint density at radius 3 is 1.19 bits per heavy atom. The van der Waals surface area contributed by atoms with Crippen molar-refractivity contribution >= 4 is 11.2 Å². The summed E-state index contributed by atoms with van der Waals surface area (Å²) in [6.45, 7) is 0. The van der Waals surface area contributed by atoms with E-state index >= 15 is 0 Å². The van der Waals surface area contributed by atoms with Gasteiger partial charge in [-0.3, -0.25) is 84.8 Å². The molecule has 44 heteroatoms. The summed E-state index contributed by atoms with van der Waals surface area (Å²) in [5, 5.41) is 55.7. The molecule has 0 N–H and O–H groups in total. The number of halogens is 8. The summed E-state index contributed by atoms with van der Waals surface area (Å²) in [5.41, 5.74) is 7.96. The van der Waals surface area contributed by atoms with E-state index in [1.165, 1.54) is 51.4 Å². The predicted octanol–water partition coefficient (Wildman–Crippen LogP) is 13.1. The first-order chi connectivity index (χ1) is 60.8. The molecule has 0 unspecified atom stereocenters. The molecule has 0 aliphatic rings. The minimum atomic E-state index is -0.823. The predicted molar refractivity (Wildman–Crippen MR) is 429 cm³/mol. The summed E-state index contributed by atoms with van der Waals surface area (Å²) >= 11 is 0. The van der Waals surface area contributed by atoms with E-state index in [1.54, 1.807) is 139 Å². The third-order valence-corrected chi connectivity index (χ3v) is 15.3. The molecular formula is C85H56F8Ir5N30O-10. The number of nitrogens with zero attached hydrogens (tertiary/aromatic N) is 30. The zero-order chi connectivity index (χ0) is 86.3. The van der Waals surface area contributed by atoms with Crippen molar-refractivity contribution in [2.24, 2.45) is 0 Å². The Labute approximate surface area is 795 Å². The van der Waals surface area contributed by atoms with Crippen LogP contribution in [0.25, 0.3) is 96.9 Å². The van der Waals surface area contributed by atoms with Crippen molar-refractivity contribution in [3.05, 3.63) is 402 Å². The standard InChI is InChI=1S/C10H6N5.3C9H5F2N2.C9H7FN3O.2C9H7N2.C7H4FN4.2C7H5N4.5Ir/c1-2-4-11-7(3-1)8-9-10(15-14-8)13-6-5-12-9;3*10-7-2-3-9(8(11)6-7)13-5-1-4-12-13;1-14-6-2-3-11-7(4-6)8-5-9(10)13-12-8;2*1-2-5-9(6-3-1)11-8-4-7-10-11;8-7-10-6(11-12-7)5-3-1-2-4-9-5;2*1-2-4-8-6(3-1)7-9-5-10-11-7;;;;;/h1-6H;3*1-2,4-6H;2-5H,1H3;2*1-5,7-8H;1-4H;2*1-5H;;;;;/q10*-1;;;;;. The van der Waals surface area contributed by atoms with Crippen LogP contribution in [-0.2, 0) is 101 Å². The molecular weight excluding hydrogens is 2570 g/mol. The second kappa shape index (κ2) is 54.5. The number of aromatic nitrogens is 30. The monoisotopic (exact) mass is 2630 g/mol. The second-order valence-corrected chi connectivity index (χ2v) is 23.5. The van der Waals surface area contributed by atoms with Gasteiger partial charge in [-0.15, -0.1) is 48.5 Å². The van der Waals surface area contributed by atoms with Gasteiger partial charge < -0.3 is 60.5 Å². The zero-order valence-corrected chi connectivity index (χ0v) is 77.6. The van der Waals surface area contributed by atoms with E-state index in [0.717, 1.165) is 64.9 Å². The molecule has 0 spiro atoms. The Balaban J connectivity index is 0.000000196. The summed E-state index contributed by atoms with van der Waals surface area (Å²) in [6.07, 6.45) is 30.0. The molecule has 21 aromatic rings. The Morgan fingerprint density at radius 2 is 0.806 bits per heavy atom. The van der Waals surface area contributed by atoms with Crippen LogP contribution in [0.5, 0.6) is 5.75 Å². The van der Waals surface area contributed by atoms with E-state index in [2.05, 4.69) is 157 Å². The Bertz CT molecular complexity index is 6070. The van der Waals surface area contributed by atoms with Gasteiger partial charge in [-0.25, -0.2) is 10.1 Å². The molecule has 5 aromatic carbocycles. The first-order valence-corrected chi connectivity index (χ1v) is 35.9. The van der Waals surface area contributed by atoms with Gasteiger partial charge in [-0.05, 0) is 137 Å². The fourth-order valence-electron chi connectivity index (χ4n) is 9.81. The van der Waals surface area contributed by atoms with Crippen LogP contribution in [0.15, 0.2) is 324 Å². The Hall–Kier alpha value is -14.4. The van der Waals surface area contributed by atoms with Crippen LogP contribution in [0.4, 0.5) is 35.1 Å². The first kappa shape index (κ1) is 102. The van der Waals surface area contributed by atoms with Crippen LogP contribution in [-0.4, -0.2) is 131 Å². The van der Waals surface area contributed by atoms with Crippen molar-refractivity contribution in [2.45, 2.75) is 0 Å². The van der Waals surface area contributed by atoms with Crippen molar-refractivity contribution in [3.63, 3.8) is 0 Å². The van der Waals surface area contributed by atoms with Crippen LogP contribution >= 0.6 is 0 Å². The average Bonchev–Trinajstić information content (AvgIpc) is 1.67. The number of rotatable bonds is 11. The van der Waals surface area contributed by atoms with E-state index < -0.39 is 46.9 Å². The third kappa shape index (κ3) is 31.6. The van der Waals surface area contributed by atoms with Gasteiger partial charge in [0.15, 0.2) is 11.6 Å². The van der Waals surface area contributed by atoms with Crippen LogP contribution in [0.2, 0.25) is 0 Å². The van der Waals surface area contributed by atoms with Crippen molar-refractivity contribution in [1.29, 1.82) is 0 Å². The fraction of sp³-hybridized carbons (Fsp3) is 0.0118. The van der Waals surface area contributed by atoms with Gasteiger partial charge in [0.05, 0.1) is 41.1 Å². The van der Waals surface area contributed by atoms with E-state index in [9.17, 15) is 35.1 Å². The average molecular weight is 2630 g/mol. The molecule has 5 radical (unpaired) electrons. The van der Waals surface area contributed by atoms with Crippen molar-refractivity contribution in [2.75, 3.05) is 7.11 Å². The molecule has 0 amide bonds. The number of para-hydroxylation sites is 2. The van der Waals surface area contributed by atoms with Crippen molar-refractivity contribution in [1.82, 2.24) is 150 Å². The van der Waals surface area contributed by atoms with Crippen LogP contribution in [0, 0.1) is 77.3 Å². The number of ether oxygens (including phenoxy) is 1. The molecule has 16 aromatic heterocycles. The maximum atomic E-state index is 13.1. The normalized spacial score (nSPS) is 9.74. The van der Waals surface area contributed by atoms with Crippen LogP contribution in [0.1, 0.15) is 0 Å². The number of fused-ring (bicyclic) bond motifs is 1. The van der Waals surface area contributed by atoms with E-state index in [-0.39, 0.29) is 123 Å². The number of methoxy groups -OCH3 is 1. The summed E-state index contributed by atoms with van der Waals surface area (Å²) in [7, 11) is 1.55. The second-order valence-electron chi connectivity index (χ2n) is 23.5. The molecule has 21 rings (SSSR count). The van der Waals surface area contributed by atoms with Gasteiger partial charge in [0, 0.05) is 259 Å². The zero-order valence-electron chi connectivity index (χ0n) is 65.6. The van der Waals surface area contributed by atoms with Gasteiger partial charge in [0.2, 0.25) is 6.08 Å². The minimum absolute atomic E-state index is 0. The van der Waals surface area contributed by atoms with E-state index in [1.807, 2.05) is 128 Å². The molecule has 16 heterocycles. The third-order valence-electron chi connectivity index (χ3n) is 15.3. The maximum Gasteiger partial charge on any atom is 0.205 e. The summed E-state index contributed by atoms with van der Waals surface area (Å²) in [5.74, 6) is -2.56. The number of pyridine rings is 5. The molecule has 0 saturated heterocycles. The smallest absolute Gasteiger partial charge is 0.205 e. The fourth-order valence-corrected chi connectivity index (χ4v) is 9.81. The summed E-state index contributed by atoms with van der Waals surface area (Å²) in [4.78, 5) is 39.8. The van der Waals surface area contributed by atoms with Gasteiger partial charge in [-0.1, -0.05) is 35.7 Å². The van der Waals surface area contributed by atoms with Crippen molar-refractivity contribution < 1.29 is 140 Å². The quantitative estimate of drug-likeness (QED) is 0.0857. The van der Waals surface area contributed by atoms with Gasteiger partial charge >= 0.3 is 0 Å². The molecule has 0 aliphatic carbocycles. The molecule has 0 fully saturated rings. The maximum absolute atomic E-state index is 13.1. The SMILES string of the molecule is COc1ccnc(-c2cc(F)n[n-]2)c1.Fc1c[c-]c(-n2cccn2)c(F)c1.Fc1c[c-]c(-n2cccn2)c(F)c1.Fc1c[c-]c(-n2cccn2)c(F)c1.Fc1n[n-]c(-c2ccccn2)n1.[Ir].[Ir].[Ir].[Ir].[Ir].[c-]1ccccc1-n1cccn1.[c-]1ccccc1-n1cccn1.c1ccc(-c2[n-]nc3nccnc23)nc1.c1ccc(-c2ncn[n-]2)nc1.c1ccc(-c2nnc[n-]2)nc1. The molecule has 31 nitrogen and oxygen atoms in total. The van der Waals surface area contributed by atoms with Gasteiger partial charge in [0.1, 0.15) is 5.75 Å². The molecule has 0 aliphatic heterocycles. The van der Waals surface area contributed by atoms with Crippen molar-refractivity contribution in [3.8, 4) is 91.5 Å². The molecule has 663 valence electrons. The van der Waals surface area contributed by atoms with Crippen LogP contribution < -0.4 is 30.1 Å². The summed E-state index contributed by atoms with van der Waals surface area (Å²) < 4.78 is 114. The summed E-state index contributed by atoms with van der Waals surface area (Å²) in [6, 6.07) is 69.9.